The van der Waals surface area contributed by atoms with Gasteiger partial charge in [0.2, 0.25) is 5.91 Å². The van der Waals surface area contributed by atoms with Crippen molar-refractivity contribution in [1.29, 1.82) is 0 Å². The Hall–Kier alpha value is -3.15. The average Bonchev–Trinajstić information content (AvgIpc) is 3.06. The molecule has 2 heterocycles. The number of para-hydroxylation sites is 1. The summed E-state index contributed by atoms with van der Waals surface area (Å²) in [6, 6.07) is 13.7. The van der Waals surface area contributed by atoms with Crippen LogP contribution in [0, 0.1) is 5.82 Å². The first-order valence-electron chi connectivity index (χ1n) is 8.98. The minimum Gasteiger partial charge on any atom is -0.356 e. The van der Waals surface area contributed by atoms with Gasteiger partial charge in [0, 0.05) is 23.1 Å². The van der Waals surface area contributed by atoms with Crippen molar-refractivity contribution in [3.05, 3.63) is 71.2 Å². The third-order valence-electron chi connectivity index (χ3n) is 5.17. The molecule has 5 nitrogen and oxygen atoms in total. The van der Waals surface area contributed by atoms with Crippen LogP contribution < -0.4 is 5.32 Å². The van der Waals surface area contributed by atoms with Crippen LogP contribution in [0.15, 0.2) is 48.5 Å². The second-order valence-electron chi connectivity index (χ2n) is 6.74. The molecule has 1 aliphatic rings. The number of fused-ring (bicyclic) bond motifs is 3. The Kier molecular flexibility index (Phi) is 4.39. The maximum atomic E-state index is 13.7. The molecule has 2 amide bonds. The van der Waals surface area contributed by atoms with Gasteiger partial charge in [-0.05, 0) is 37.1 Å². The summed E-state index contributed by atoms with van der Waals surface area (Å²) in [5.41, 5.74) is 3.29. The Bertz CT molecular complexity index is 1030. The summed E-state index contributed by atoms with van der Waals surface area (Å²) >= 11 is 0. The van der Waals surface area contributed by atoms with E-state index in [-0.39, 0.29) is 24.1 Å². The van der Waals surface area contributed by atoms with Gasteiger partial charge in [-0.2, -0.15) is 0 Å². The molecule has 2 N–H and O–H groups in total. The molecule has 138 valence electrons. The van der Waals surface area contributed by atoms with Gasteiger partial charge in [0.25, 0.3) is 5.91 Å². The zero-order valence-corrected chi connectivity index (χ0v) is 15.0. The van der Waals surface area contributed by atoms with Gasteiger partial charge < -0.3 is 15.2 Å². The summed E-state index contributed by atoms with van der Waals surface area (Å²) in [5.74, 6) is -1.37. The van der Waals surface area contributed by atoms with Gasteiger partial charge in [-0.3, -0.25) is 9.59 Å². The molecule has 0 aliphatic carbocycles. The fraction of sp³-hybridized carbons (Fsp3) is 0.238. The maximum absolute atomic E-state index is 13.7. The summed E-state index contributed by atoms with van der Waals surface area (Å²) in [7, 11) is 0. The average molecular weight is 365 g/mol. The summed E-state index contributed by atoms with van der Waals surface area (Å²) in [4.78, 5) is 29.9. The lowest BCUT2D eigenvalue weighted by molar-refractivity contribution is -0.132. The number of nitrogens with zero attached hydrogens (tertiary/aromatic N) is 1. The van der Waals surface area contributed by atoms with Gasteiger partial charge in [-0.1, -0.05) is 30.3 Å². The minimum atomic E-state index is -0.600. The number of carbonyl (C=O) groups excluding carboxylic acids is 2. The van der Waals surface area contributed by atoms with Crippen LogP contribution in [0.1, 0.15) is 34.6 Å². The molecule has 0 bridgehead atoms. The van der Waals surface area contributed by atoms with E-state index in [2.05, 4.69) is 16.4 Å². The molecule has 2 aromatic carbocycles. The van der Waals surface area contributed by atoms with E-state index in [1.165, 1.54) is 29.1 Å². The van der Waals surface area contributed by atoms with Crippen molar-refractivity contribution < 1.29 is 14.0 Å². The Morgan fingerprint density at radius 1 is 1.19 bits per heavy atom. The van der Waals surface area contributed by atoms with E-state index < -0.39 is 11.7 Å². The van der Waals surface area contributed by atoms with E-state index in [0.717, 1.165) is 17.6 Å². The van der Waals surface area contributed by atoms with E-state index in [0.29, 0.717) is 6.54 Å². The second kappa shape index (κ2) is 6.87. The fourth-order valence-corrected chi connectivity index (χ4v) is 3.77. The van der Waals surface area contributed by atoms with E-state index in [4.69, 9.17) is 0 Å². The molecule has 0 spiro atoms. The highest BCUT2D eigenvalue weighted by Crippen LogP contribution is 2.34. The SMILES string of the molecule is CC1c2[nH]c3ccccc3c2CCN1C(=O)CNC(=O)c1ccccc1F. The van der Waals surface area contributed by atoms with Crippen molar-refractivity contribution in [2.45, 2.75) is 19.4 Å². The molecular weight excluding hydrogens is 345 g/mol. The van der Waals surface area contributed by atoms with Crippen LogP contribution in [0.25, 0.3) is 10.9 Å². The summed E-state index contributed by atoms with van der Waals surface area (Å²) < 4.78 is 13.7. The monoisotopic (exact) mass is 365 g/mol. The number of nitrogens with one attached hydrogen (secondary N) is 2. The van der Waals surface area contributed by atoms with Gasteiger partial charge >= 0.3 is 0 Å². The van der Waals surface area contributed by atoms with Crippen molar-refractivity contribution in [3.8, 4) is 0 Å². The number of amides is 2. The highest BCUT2D eigenvalue weighted by atomic mass is 19.1. The van der Waals surface area contributed by atoms with Gasteiger partial charge in [0.15, 0.2) is 0 Å². The number of hydrogen-bond acceptors (Lipinski definition) is 2. The molecule has 1 atom stereocenters. The molecule has 6 heteroatoms. The molecule has 0 saturated heterocycles. The van der Waals surface area contributed by atoms with Crippen LogP contribution >= 0.6 is 0 Å². The molecule has 0 saturated carbocycles. The van der Waals surface area contributed by atoms with Gasteiger partial charge in [0.05, 0.1) is 18.2 Å². The van der Waals surface area contributed by atoms with Crippen LogP contribution in [0.3, 0.4) is 0 Å². The first-order chi connectivity index (χ1) is 13.1. The van der Waals surface area contributed by atoms with Crippen molar-refractivity contribution in [3.63, 3.8) is 0 Å². The smallest absolute Gasteiger partial charge is 0.254 e. The quantitative estimate of drug-likeness (QED) is 0.749. The number of rotatable bonds is 3. The molecule has 0 radical (unpaired) electrons. The van der Waals surface area contributed by atoms with E-state index >= 15 is 0 Å². The summed E-state index contributed by atoms with van der Waals surface area (Å²) in [5, 5.41) is 3.72. The van der Waals surface area contributed by atoms with Crippen molar-refractivity contribution >= 4 is 22.7 Å². The highest BCUT2D eigenvalue weighted by Gasteiger charge is 2.30. The molecule has 0 fully saturated rings. The number of benzene rings is 2. The highest BCUT2D eigenvalue weighted by molar-refractivity contribution is 5.96. The van der Waals surface area contributed by atoms with Crippen LogP contribution in [0.4, 0.5) is 4.39 Å². The third-order valence-corrected chi connectivity index (χ3v) is 5.17. The largest absolute Gasteiger partial charge is 0.356 e. The van der Waals surface area contributed by atoms with Gasteiger partial charge in [-0.15, -0.1) is 0 Å². The molecule has 1 unspecified atom stereocenters. The van der Waals surface area contributed by atoms with E-state index in [1.54, 1.807) is 11.0 Å². The molecular formula is C21H20FN3O2. The Morgan fingerprint density at radius 3 is 2.74 bits per heavy atom. The number of hydrogen-bond donors (Lipinski definition) is 2. The third kappa shape index (κ3) is 3.07. The van der Waals surface area contributed by atoms with Crippen LogP contribution in [-0.2, 0) is 11.2 Å². The van der Waals surface area contributed by atoms with Gasteiger partial charge in [0.1, 0.15) is 5.82 Å². The number of carbonyl (C=O) groups is 2. The van der Waals surface area contributed by atoms with Crippen molar-refractivity contribution in [2.24, 2.45) is 0 Å². The zero-order valence-electron chi connectivity index (χ0n) is 15.0. The Balaban J connectivity index is 1.47. The van der Waals surface area contributed by atoms with Crippen LogP contribution in [0.5, 0.6) is 0 Å². The predicted octanol–water partition coefficient (Wildman–Crippen LogP) is 3.18. The lowest BCUT2D eigenvalue weighted by atomic mass is 9.98. The summed E-state index contributed by atoms with van der Waals surface area (Å²) in [6.07, 6.45) is 0.761. The lowest BCUT2D eigenvalue weighted by Crippen LogP contribution is -2.44. The molecule has 1 aromatic heterocycles. The first-order valence-corrected chi connectivity index (χ1v) is 8.98. The number of halogens is 1. The molecule has 1 aliphatic heterocycles. The number of aromatic nitrogens is 1. The maximum Gasteiger partial charge on any atom is 0.254 e. The predicted molar refractivity (Wildman–Crippen MR) is 101 cm³/mol. The summed E-state index contributed by atoms with van der Waals surface area (Å²) in [6.45, 7) is 2.40. The molecule has 3 aromatic rings. The normalized spacial score (nSPS) is 16.2. The van der Waals surface area contributed by atoms with Crippen LogP contribution in [0.2, 0.25) is 0 Å². The standard InChI is InChI=1S/C21H20FN3O2/c1-13-20-15(14-6-3-5-9-18(14)24-20)10-11-25(13)19(26)12-23-21(27)16-7-2-4-8-17(16)22/h2-9,13,24H,10-12H2,1H3,(H,23,27). The molecule has 27 heavy (non-hydrogen) atoms. The lowest BCUT2D eigenvalue weighted by Gasteiger charge is -2.33. The Morgan fingerprint density at radius 2 is 1.93 bits per heavy atom. The van der Waals surface area contributed by atoms with Crippen LogP contribution in [-0.4, -0.2) is 34.8 Å². The topological polar surface area (TPSA) is 65.2 Å². The minimum absolute atomic E-state index is 0.0603. The number of H-pyrrole nitrogens is 1. The second-order valence-corrected chi connectivity index (χ2v) is 6.74. The van der Waals surface area contributed by atoms with E-state index in [9.17, 15) is 14.0 Å². The van der Waals surface area contributed by atoms with Crippen molar-refractivity contribution in [1.82, 2.24) is 15.2 Å². The zero-order chi connectivity index (χ0) is 19.0. The molecule has 4 rings (SSSR count). The fourth-order valence-electron chi connectivity index (χ4n) is 3.77. The first kappa shape index (κ1) is 17.3. The van der Waals surface area contributed by atoms with Gasteiger partial charge in [-0.25, -0.2) is 4.39 Å². The van der Waals surface area contributed by atoms with Crippen molar-refractivity contribution in [2.75, 3.05) is 13.1 Å². The van der Waals surface area contributed by atoms with E-state index in [1.807, 2.05) is 25.1 Å². The number of aromatic amines is 1. The Labute approximate surface area is 156 Å².